The number of rotatable bonds is 13. The Morgan fingerprint density at radius 3 is 2.19 bits per heavy atom. The van der Waals surface area contributed by atoms with Gasteiger partial charge in [-0.2, -0.15) is 0 Å². The number of esters is 5. The second-order valence-electron chi connectivity index (χ2n) is 14.6. The smallest absolute Gasteiger partial charge is 0.337 e. The van der Waals surface area contributed by atoms with Gasteiger partial charge in [-0.15, -0.1) is 6.58 Å². The first kappa shape index (κ1) is 42.0. The Morgan fingerprint density at radius 2 is 1.53 bits per heavy atom. The normalized spacial score (nSPS) is 30.2. The van der Waals surface area contributed by atoms with Gasteiger partial charge in [-0.3, -0.25) is 28.9 Å². The van der Waals surface area contributed by atoms with Gasteiger partial charge in [0.15, 0.2) is 18.3 Å². The number of methoxy groups -OCH3 is 1. The van der Waals surface area contributed by atoms with Crippen LogP contribution in [0.5, 0.6) is 0 Å². The number of amides is 1. The van der Waals surface area contributed by atoms with Crippen LogP contribution in [0.3, 0.4) is 0 Å². The summed E-state index contributed by atoms with van der Waals surface area (Å²) in [6.45, 7) is 9.24. The van der Waals surface area contributed by atoms with Crippen molar-refractivity contribution in [2.45, 2.75) is 95.5 Å². The lowest BCUT2D eigenvalue weighted by atomic mass is 9.69. The number of anilines is 1. The molecule has 2 fully saturated rings. The number of nitrogens with one attached hydrogen (secondary N) is 1. The molecule has 0 unspecified atom stereocenters. The molecule has 2 saturated heterocycles. The summed E-state index contributed by atoms with van der Waals surface area (Å²) in [6.07, 6.45) is -5.04. The number of nitrogens with zero attached hydrogens (tertiary/aromatic N) is 1. The summed E-state index contributed by atoms with van der Waals surface area (Å²) in [5, 5.41) is 3.09. The van der Waals surface area contributed by atoms with Crippen LogP contribution in [0.25, 0.3) is 0 Å². The van der Waals surface area contributed by atoms with Crippen molar-refractivity contribution in [3.05, 3.63) is 90.2 Å². The number of carbonyl (C=O) groups is 6. The molecule has 4 heterocycles. The zero-order valence-electron chi connectivity index (χ0n) is 33.0. The number of benzene rings is 2. The van der Waals surface area contributed by atoms with E-state index in [4.69, 9.17) is 37.9 Å². The van der Waals surface area contributed by atoms with Crippen LogP contribution in [-0.2, 0) is 78.6 Å². The summed E-state index contributed by atoms with van der Waals surface area (Å²) in [5.74, 6) is -5.45. The molecular formula is C42H48N2O14. The molecule has 0 bridgehead atoms. The first-order chi connectivity index (χ1) is 27.8. The van der Waals surface area contributed by atoms with E-state index < -0.39 is 96.7 Å². The number of likely N-dealkylation sites (tertiary alicyclic amines) is 1. The summed E-state index contributed by atoms with van der Waals surface area (Å²) < 4.78 is 45.9. The Balaban J connectivity index is 1.39. The fourth-order valence-electron chi connectivity index (χ4n) is 8.61. The maximum atomic E-state index is 14.2. The van der Waals surface area contributed by atoms with Gasteiger partial charge < -0.3 is 43.2 Å². The van der Waals surface area contributed by atoms with Crippen LogP contribution >= 0.6 is 0 Å². The van der Waals surface area contributed by atoms with Crippen LogP contribution in [0.1, 0.15) is 51.7 Å². The molecule has 6 rings (SSSR count). The van der Waals surface area contributed by atoms with Gasteiger partial charge in [0.1, 0.15) is 12.7 Å². The number of hydrogen-bond donors (Lipinski definition) is 1. The van der Waals surface area contributed by atoms with Crippen LogP contribution in [0.15, 0.2) is 79.1 Å². The minimum absolute atomic E-state index is 0.148. The lowest BCUT2D eigenvalue weighted by Crippen LogP contribution is -2.63. The molecule has 58 heavy (non-hydrogen) atoms. The molecule has 1 spiro atoms. The van der Waals surface area contributed by atoms with Crippen molar-refractivity contribution in [2.24, 2.45) is 11.8 Å². The topological polar surface area (TPSA) is 192 Å². The van der Waals surface area contributed by atoms with Crippen LogP contribution in [0.4, 0.5) is 5.69 Å². The minimum Gasteiger partial charge on any atom is -0.471 e. The van der Waals surface area contributed by atoms with E-state index in [1.165, 1.54) is 20.3 Å². The fourth-order valence-corrected chi connectivity index (χ4v) is 8.61. The molecule has 16 heteroatoms. The lowest BCUT2D eigenvalue weighted by molar-refractivity contribution is -0.342. The van der Waals surface area contributed by atoms with Crippen molar-refractivity contribution in [3.8, 4) is 0 Å². The van der Waals surface area contributed by atoms with Crippen molar-refractivity contribution in [3.63, 3.8) is 0 Å². The first-order valence-electron chi connectivity index (χ1n) is 19.0. The van der Waals surface area contributed by atoms with E-state index in [1.54, 1.807) is 6.08 Å². The molecule has 0 saturated carbocycles. The van der Waals surface area contributed by atoms with Gasteiger partial charge in [-0.05, 0) is 30.0 Å². The number of fused-ring (bicyclic) bond motifs is 2. The van der Waals surface area contributed by atoms with Gasteiger partial charge in [-0.1, -0.05) is 54.6 Å². The molecule has 0 radical (unpaired) electrons. The largest absolute Gasteiger partial charge is 0.471 e. The highest BCUT2D eigenvalue weighted by Crippen LogP contribution is 2.52. The quantitative estimate of drug-likeness (QED) is 0.176. The molecule has 4 aliphatic rings. The molecule has 1 N–H and O–H groups in total. The summed E-state index contributed by atoms with van der Waals surface area (Å²) in [7, 11) is 1.25. The maximum absolute atomic E-state index is 14.2. The second kappa shape index (κ2) is 17.9. The predicted octanol–water partition coefficient (Wildman–Crippen LogP) is 3.47. The van der Waals surface area contributed by atoms with E-state index in [9.17, 15) is 28.8 Å². The van der Waals surface area contributed by atoms with Gasteiger partial charge in [0, 0.05) is 64.3 Å². The van der Waals surface area contributed by atoms with E-state index in [1.807, 2.05) is 54.6 Å². The molecule has 1 amide bonds. The van der Waals surface area contributed by atoms with E-state index in [2.05, 4.69) is 16.8 Å². The van der Waals surface area contributed by atoms with Crippen LogP contribution in [0, 0.1) is 11.8 Å². The minimum atomic E-state index is -1.58. The van der Waals surface area contributed by atoms with E-state index in [-0.39, 0.29) is 17.9 Å². The monoisotopic (exact) mass is 804 g/mol. The van der Waals surface area contributed by atoms with Crippen LogP contribution in [0.2, 0.25) is 0 Å². The van der Waals surface area contributed by atoms with Crippen molar-refractivity contribution in [1.29, 1.82) is 0 Å². The van der Waals surface area contributed by atoms with Gasteiger partial charge in [-0.25, -0.2) is 4.79 Å². The van der Waals surface area contributed by atoms with Crippen molar-refractivity contribution in [2.75, 3.05) is 25.6 Å². The highest BCUT2D eigenvalue weighted by atomic mass is 16.8. The number of carbonyl (C=O) groups excluding carboxylic acids is 6. The van der Waals surface area contributed by atoms with Crippen molar-refractivity contribution < 1.29 is 66.7 Å². The molecule has 10 atom stereocenters. The molecule has 0 aliphatic carbocycles. The molecule has 2 aromatic rings. The highest BCUT2D eigenvalue weighted by molar-refractivity contribution is 6.07. The third-order valence-electron chi connectivity index (χ3n) is 11.0. The number of ether oxygens (including phenoxy) is 8. The third-order valence-corrected chi connectivity index (χ3v) is 11.0. The Morgan fingerprint density at radius 1 is 0.879 bits per heavy atom. The Kier molecular flexibility index (Phi) is 13.0. The number of para-hydroxylation sites is 1. The lowest BCUT2D eigenvalue weighted by Gasteiger charge is -2.46. The van der Waals surface area contributed by atoms with Gasteiger partial charge in [0.25, 0.3) is 0 Å². The summed E-state index contributed by atoms with van der Waals surface area (Å²) in [6, 6.07) is 17.0. The number of hydrogen-bond acceptors (Lipinski definition) is 15. The first-order valence-corrected chi connectivity index (χ1v) is 19.0. The molecule has 2 aromatic carbocycles. The molecule has 4 aliphatic heterocycles. The molecule has 310 valence electrons. The van der Waals surface area contributed by atoms with Gasteiger partial charge in [0.2, 0.25) is 18.5 Å². The molecule has 16 nitrogen and oxygen atoms in total. The van der Waals surface area contributed by atoms with E-state index >= 15 is 0 Å². The predicted molar refractivity (Wildman–Crippen MR) is 202 cm³/mol. The van der Waals surface area contributed by atoms with Crippen molar-refractivity contribution in [1.82, 2.24) is 4.90 Å². The Labute approximate surface area is 335 Å². The molecule has 0 aromatic heterocycles. The van der Waals surface area contributed by atoms with Gasteiger partial charge >= 0.3 is 29.8 Å². The summed E-state index contributed by atoms with van der Waals surface area (Å²) in [5.41, 5.74) is 1.81. The summed E-state index contributed by atoms with van der Waals surface area (Å²) >= 11 is 0. The Bertz CT molecular complexity index is 1930. The second-order valence-corrected chi connectivity index (χ2v) is 14.6. The third kappa shape index (κ3) is 8.63. The zero-order valence-corrected chi connectivity index (χ0v) is 33.0. The average molecular weight is 805 g/mol. The van der Waals surface area contributed by atoms with E-state index in [0.29, 0.717) is 19.5 Å². The highest BCUT2D eigenvalue weighted by Gasteiger charge is 2.60. The fraction of sp³-hybridized carbons (Fsp3) is 0.476. The Hall–Kier alpha value is -5.58. The van der Waals surface area contributed by atoms with E-state index in [0.717, 1.165) is 37.6 Å². The SMILES string of the molecule is C=C[C@H]1[C@H](O[C@H]2O[C@H](COC(C)=O)[C@@H](OC(C)=O)[C@H](OC(C)=O)[C@H]2OC(C)=O)OC=C(C(=O)OC)[C@H]1C[C@@H]1N(Cc2ccccc2)CC[C@@]12C(=O)Nc1ccccc12. The summed E-state index contributed by atoms with van der Waals surface area (Å²) in [4.78, 5) is 79.1. The van der Waals surface area contributed by atoms with Crippen molar-refractivity contribution >= 4 is 41.4 Å². The standard InChI is InChI=1S/C42H48N2O14/c1-7-28-29(19-34-42(31-15-11-12-16-32(31)43-41(42)50)17-18-44(34)20-27-13-9-8-10-14-27)30(38(49)51-6)21-53-39(28)58-40-37(56-26(5)48)36(55-25(4)47)35(54-24(3)46)33(57-40)22-52-23(2)45/h7-16,21,28-29,33-37,39-40H,1,17-20,22H2,2-6H3,(H,43,50)/t28-,29+,33-,34+,35-,36+,37-,39+,40-,42+/m1/s1. The maximum Gasteiger partial charge on any atom is 0.337 e. The molecular weight excluding hydrogens is 756 g/mol. The zero-order chi connectivity index (χ0) is 41.7. The van der Waals surface area contributed by atoms with Gasteiger partial charge in [0.05, 0.1) is 24.4 Å². The van der Waals surface area contributed by atoms with Crippen LogP contribution in [-0.4, -0.2) is 104 Å². The van der Waals surface area contributed by atoms with Crippen LogP contribution < -0.4 is 5.32 Å². The average Bonchev–Trinajstić information content (AvgIpc) is 3.68.